The van der Waals surface area contributed by atoms with E-state index in [-0.39, 0.29) is 6.10 Å². The van der Waals surface area contributed by atoms with Crippen LogP contribution in [-0.2, 0) is 6.42 Å². The van der Waals surface area contributed by atoms with Gasteiger partial charge in [0.2, 0.25) is 0 Å². The molecule has 0 amide bonds. The van der Waals surface area contributed by atoms with Gasteiger partial charge in [-0.3, -0.25) is 0 Å². The minimum atomic E-state index is -0.371. The smallest absolute Gasteiger partial charge is 0.198 e. The molecule has 102 valence electrons. The van der Waals surface area contributed by atoms with Gasteiger partial charge in [-0.2, -0.15) is 0 Å². The van der Waals surface area contributed by atoms with Crippen LogP contribution in [0.25, 0.3) is 0 Å². The van der Waals surface area contributed by atoms with Gasteiger partial charge in [0.1, 0.15) is 5.76 Å². The predicted octanol–water partition coefficient (Wildman–Crippen LogP) is 2.19. The van der Waals surface area contributed by atoms with Crippen molar-refractivity contribution in [2.45, 2.75) is 58.1 Å². The largest absolute Gasteiger partial charge is 0.445 e. The first kappa shape index (κ1) is 13.6. The summed E-state index contributed by atoms with van der Waals surface area (Å²) in [6.07, 6.45) is 4.29. The summed E-state index contributed by atoms with van der Waals surface area (Å²) in [5.74, 6) is 2.04. The molecule has 1 aromatic heterocycles. The van der Waals surface area contributed by atoms with Gasteiger partial charge in [-0.1, -0.05) is 0 Å². The third-order valence-corrected chi connectivity index (χ3v) is 3.60. The van der Waals surface area contributed by atoms with Crippen molar-refractivity contribution < 1.29 is 9.52 Å². The lowest BCUT2D eigenvalue weighted by molar-refractivity contribution is 0.154. The van der Waals surface area contributed by atoms with E-state index in [0.29, 0.717) is 18.4 Å². The van der Waals surface area contributed by atoms with Gasteiger partial charge in [0.15, 0.2) is 5.89 Å². The number of piperidine rings is 1. The van der Waals surface area contributed by atoms with Gasteiger partial charge in [0.05, 0.1) is 12.3 Å². The van der Waals surface area contributed by atoms with Crippen LogP contribution in [0.4, 0.5) is 0 Å². The lowest BCUT2D eigenvalue weighted by Crippen LogP contribution is -2.39. The molecule has 0 spiro atoms. The van der Waals surface area contributed by atoms with Gasteiger partial charge in [-0.25, -0.2) is 4.98 Å². The number of aliphatic hydroxyl groups is 1. The molecule has 1 N–H and O–H groups in total. The molecule has 4 heteroatoms. The Bertz CT molecular complexity index is 374. The molecule has 0 bridgehead atoms. The molecular weight excluding hydrogens is 228 g/mol. The molecular formula is C14H24N2O2. The summed E-state index contributed by atoms with van der Waals surface area (Å²) < 4.78 is 5.76. The zero-order valence-corrected chi connectivity index (χ0v) is 11.6. The Balaban J connectivity index is 2.00. The summed E-state index contributed by atoms with van der Waals surface area (Å²) in [7, 11) is 0. The van der Waals surface area contributed by atoms with Crippen LogP contribution in [0, 0.1) is 0 Å². The van der Waals surface area contributed by atoms with Crippen LogP contribution < -0.4 is 0 Å². The van der Waals surface area contributed by atoms with E-state index in [2.05, 4.69) is 23.7 Å². The van der Waals surface area contributed by atoms with E-state index < -0.39 is 0 Å². The monoisotopic (exact) mass is 252 g/mol. The third-order valence-electron chi connectivity index (χ3n) is 3.60. The second kappa shape index (κ2) is 5.85. The first-order chi connectivity index (χ1) is 8.56. The van der Waals surface area contributed by atoms with E-state index in [0.717, 1.165) is 24.6 Å². The lowest BCUT2D eigenvalue weighted by Gasteiger charge is -2.34. The molecule has 0 saturated carbocycles. The highest BCUT2D eigenvalue weighted by atomic mass is 16.4. The zero-order valence-electron chi connectivity index (χ0n) is 11.6. The van der Waals surface area contributed by atoms with Crippen molar-refractivity contribution in [1.82, 2.24) is 9.88 Å². The average Bonchev–Trinajstić information content (AvgIpc) is 2.77. The molecule has 1 aliphatic heterocycles. The number of likely N-dealkylation sites (tertiary alicyclic amines) is 1. The Morgan fingerprint density at radius 1 is 1.50 bits per heavy atom. The van der Waals surface area contributed by atoms with Crippen LogP contribution in [0.15, 0.2) is 10.6 Å². The highest BCUT2D eigenvalue weighted by Gasteiger charge is 2.26. The molecule has 2 heterocycles. The summed E-state index contributed by atoms with van der Waals surface area (Å²) in [5.41, 5.74) is 0. The zero-order chi connectivity index (χ0) is 13.1. The van der Waals surface area contributed by atoms with Crippen molar-refractivity contribution >= 4 is 0 Å². The predicted molar refractivity (Wildman–Crippen MR) is 70.6 cm³/mol. The van der Waals surface area contributed by atoms with Gasteiger partial charge < -0.3 is 14.4 Å². The topological polar surface area (TPSA) is 49.5 Å². The van der Waals surface area contributed by atoms with E-state index in [9.17, 15) is 5.11 Å². The first-order valence-corrected chi connectivity index (χ1v) is 6.93. The quantitative estimate of drug-likeness (QED) is 0.892. The fourth-order valence-electron chi connectivity index (χ4n) is 2.57. The molecule has 2 atom stereocenters. The number of aromatic nitrogens is 1. The number of hydrogen-bond donors (Lipinski definition) is 1. The molecule has 1 saturated heterocycles. The first-order valence-electron chi connectivity index (χ1n) is 6.93. The van der Waals surface area contributed by atoms with E-state index in [1.54, 1.807) is 13.1 Å². The van der Waals surface area contributed by atoms with Crippen molar-refractivity contribution in [3.05, 3.63) is 17.8 Å². The molecule has 2 rings (SSSR count). The number of hydrogen-bond acceptors (Lipinski definition) is 4. The fourth-order valence-corrected chi connectivity index (χ4v) is 2.57. The molecule has 2 unspecified atom stereocenters. The maximum absolute atomic E-state index is 9.34. The molecule has 4 nitrogen and oxygen atoms in total. The van der Waals surface area contributed by atoms with Gasteiger partial charge in [0, 0.05) is 24.9 Å². The van der Waals surface area contributed by atoms with Gasteiger partial charge >= 0.3 is 0 Å². The average molecular weight is 252 g/mol. The Hall–Kier alpha value is -0.870. The van der Waals surface area contributed by atoms with E-state index in [4.69, 9.17) is 4.42 Å². The minimum Gasteiger partial charge on any atom is -0.445 e. The van der Waals surface area contributed by atoms with Gasteiger partial charge in [-0.05, 0) is 40.2 Å². The number of nitrogens with zero attached hydrogens (tertiary/aromatic N) is 2. The van der Waals surface area contributed by atoms with E-state index in [1.165, 1.54) is 13.0 Å². The molecule has 0 aromatic carbocycles. The van der Waals surface area contributed by atoms with Gasteiger partial charge in [-0.15, -0.1) is 0 Å². The summed E-state index contributed by atoms with van der Waals surface area (Å²) in [4.78, 5) is 6.86. The normalized spacial score (nSPS) is 23.5. The standard InChI is InChI=1S/C14H24N2O2/c1-10(2)16-6-4-5-12(9-16)14-15-8-13(18-14)7-11(3)17/h8,10-12,17H,4-7,9H2,1-3H3. The maximum Gasteiger partial charge on any atom is 0.198 e. The van der Waals surface area contributed by atoms with Crippen molar-refractivity contribution in [3.63, 3.8) is 0 Å². The highest BCUT2D eigenvalue weighted by molar-refractivity contribution is 5.02. The Kier molecular flexibility index (Phi) is 4.40. The van der Waals surface area contributed by atoms with Crippen LogP contribution in [0.1, 0.15) is 51.2 Å². The SMILES string of the molecule is CC(O)Cc1cnc(C2CCCN(C(C)C)C2)o1. The van der Waals surface area contributed by atoms with Crippen LogP contribution in [0.2, 0.25) is 0 Å². The molecule has 0 aliphatic carbocycles. The Morgan fingerprint density at radius 3 is 2.94 bits per heavy atom. The summed E-state index contributed by atoms with van der Waals surface area (Å²) in [5, 5.41) is 9.34. The van der Waals surface area contributed by atoms with Crippen molar-refractivity contribution in [2.24, 2.45) is 0 Å². The second-order valence-corrected chi connectivity index (χ2v) is 5.65. The Morgan fingerprint density at radius 2 is 2.28 bits per heavy atom. The van der Waals surface area contributed by atoms with E-state index in [1.807, 2.05) is 0 Å². The van der Waals surface area contributed by atoms with Crippen LogP contribution in [0.5, 0.6) is 0 Å². The number of rotatable bonds is 4. The van der Waals surface area contributed by atoms with Crippen LogP contribution in [0.3, 0.4) is 0 Å². The molecule has 0 radical (unpaired) electrons. The minimum absolute atomic E-state index is 0.371. The number of oxazole rings is 1. The summed E-state index contributed by atoms with van der Waals surface area (Å²) >= 11 is 0. The molecule has 18 heavy (non-hydrogen) atoms. The third kappa shape index (κ3) is 3.33. The fraction of sp³-hybridized carbons (Fsp3) is 0.786. The number of aliphatic hydroxyl groups excluding tert-OH is 1. The second-order valence-electron chi connectivity index (χ2n) is 5.65. The van der Waals surface area contributed by atoms with Crippen LogP contribution >= 0.6 is 0 Å². The van der Waals surface area contributed by atoms with Gasteiger partial charge in [0.25, 0.3) is 0 Å². The summed E-state index contributed by atoms with van der Waals surface area (Å²) in [6, 6.07) is 0.583. The van der Waals surface area contributed by atoms with Crippen molar-refractivity contribution in [3.8, 4) is 0 Å². The van der Waals surface area contributed by atoms with Crippen molar-refractivity contribution in [1.29, 1.82) is 0 Å². The van der Waals surface area contributed by atoms with Crippen LogP contribution in [-0.4, -0.2) is 40.2 Å². The molecule has 1 fully saturated rings. The maximum atomic E-state index is 9.34. The summed E-state index contributed by atoms with van der Waals surface area (Å²) in [6.45, 7) is 8.44. The molecule has 1 aromatic rings. The highest BCUT2D eigenvalue weighted by Crippen LogP contribution is 2.27. The lowest BCUT2D eigenvalue weighted by atomic mass is 9.97. The molecule has 1 aliphatic rings. The Labute approximate surface area is 109 Å². The van der Waals surface area contributed by atoms with E-state index >= 15 is 0 Å². The van der Waals surface area contributed by atoms with Crippen molar-refractivity contribution in [2.75, 3.05) is 13.1 Å².